The SMILES string of the molecule is CCCCCCn1c(=O)c(OC)c(OCC=C(C)C)c2ccc(N)cc21. The molecule has 0 saturated carbocycles. The Bertz CT molecular complexity index is 833. The number of aryl methyl sites for hydroxylation is 1. The number of allylic oxidation sites excluding steroid dienone is 1. The van der Waals surface area contributed by atoms with Crippen LogP contribution in [0.15, 0.2) is 34.6 Å². The Hall–Kier alpha value is -2.43. The third-order valence-electron chi connectivity index (χ3n) is 4.36. The predicted octanol–water partition coefficient (Wildman–Crippen LogP) is 4.52. The number of methoxy groups -OCH3 is 1. The fraction of sp³-hybridized carbons (Fsp3) is 0.476. The molecule has 0 atom stereocenters. The highest BCUT2D eigenvalue weighted by atomic mass is 16.5. The number of nitrogens with two attached hydrogens (primary N) is 1. The average molecular weight is 358 g/mol. The number of hydrogen-bond acceptors (Lipinski definition) is 4. The van der Waals surface area contributed by atoms with E-state index in [0.717, 1.165) is 42.2 Å². The summed E-state index contributed by atoms with van der Waals surface area (Å²) in [6.45, 7) is 7.22. The molecule has 0 unspecified atom stereocenters. The largest absolute Gasteiger partial charge is 0.488 e. The van der Waals surface area contributed by atoms with Crippen molar-refractivity contribution in [3.63, 3.8) is 0 Å². The second-order valence-electron chi connectivity index (χ2n) is 6.75. The van der Waals surface area contributed by atoms with Crippen LogP contribution < -0.4 is 20.8 Å². The zero-order valence-corrected chi connectivity index (χ0v) is 16.3. The van der Waals surface area contributed by atoms with Gasteiger partial charge in [0.15, 0.2) is 5.75 Å². The van der Waals surface area contributed by atoms with Crippen molar-refractivity contribution in [2.24, 2.45) is 0 Å². The van der Waals surface area contributed by atoms with Gasteiger partial charge in [0.2, 0.25) is 5.75 Å². The van der Waals surface area contributed by atoms with Gasteiger partial charge in [-0.25, -0.2) is 0 Å². The fourth-order valence-electron chi connectivity index (χ4n) is 2.95. The lowest BCUT2D eigenvalue weighted by molar-refractivity contribution is 0.324. The van der Waals surface area contributed by atoms with Gasteiger partial charge >= 0.3 is 0 Å². The lowest BCUT2D eigenvalue weighted by Gasteiger charge is -2.17. The summed E-state index contributed by atoms with van der Waals surface area (Å²) in [4.78, 5) is 13.0. The van der Waals surface area contributed by atoms with Gasteiger partial charge in [0.05, 0.1) is 12.6 Å². The Morgan fingerprint density at radius 3 is 2.62 bits per heavy atom. The van der Waals surface area contributed by atoms with Gasteiger partial charge in [-0.2, -0.15) is 0 Å². The number of unbranched alkanes of at least 4 members (excludes halogenated alkanes) is 3. The van der Waals surface area contributed by atoms with Gasteiger partial charge in [-0.05, 0) is 44.5 Å². The van der Waals surface area contributed by atoms with Crippen LogP contribution in [0.4, 0.5) is 5.69 Å². The summed E-state index contributed by atoms with van der Waals surface area (Å²) in [5, 5.41) is 0.841. The molecule has 5 nitrogen and oxygen atoms in total. The molecule has 0 bridgehead atoms. The van der Waals surface area contributed by atoms with Gasteiger partial charge in [-0.3, -0.25) is 4.79 Å². The summed E-state index contributed by atoms with van der Waals surface area (Å²) < 4.78 is 13.1. The number of nitrogens with zero attached hydrogens (tertiary/aromatic N) is 1. The van der Waals surface area contributed by atoms with Crippen molar-refractivity contribution in [3.05, 3.63) is 40.2 Å². The molecule has 1 heterocycles. The van der Waals surface area contributed by atoms with E-state index in [4.69, 9.17) is 15.2 Å². The summed E-state index contributed by atoms with van der Waals surface area (Å²) in [5.74, 6) is 0.731. The van der Waals surface area contributed by atoms with E-state index < -0.39 is 0 Å². The number of rotatable bonds is 9. The molecule has 0 aliphatic rings. The number of ether oxygens (including phenoxy) is 2. The minimum absolute atomic E-state index is 0.172. The third kappa shape index (κ3) is 4.59. The highest BCUT2D eigenvalue weighted by molar-refractivity contribution is 5.90. The predicted molar refractivity (Wildman–Crippen MR) is 108 cm³/mol. The van der Waals surface area contributed by atoms with Crippen LogP contribution in [-0.4, -0.2) is 18.3 Å². The molecular formula is C21H30N2O3. The molecule has 142 valence electrons. The molecular weight excluding hydrogens is 328 g/mol. The first-order valence-corrected chi connectivity index (χ1v) is 9.25. The number of anilines is 1. The van der Waals surface area contributed by atoms with Crippen molar-refractivity contribution in [1.29, 1.82) is 0 Å². The Labute approximate surface area is 155 Å². The van der Waals surface area contributed by atoms with Gasteiger partial charge in [0, 0.05) is 17.6 Å². The zero-order valence-electron chi connectivity index (χ0n) is 16.3. The molecule has 2 N–H and O–H groups in total. The monoisotopic (exact) mass is 358 g/mol. The molecule has 0 spiro atoms. The number of hydrogen-bond donors (Lipinski definition) is 1. The van der Waals surface area contributed by atoms with Crippen molar-refractivity contribution in [3.8, 4) is 11.5 Å². The molecule has 0 saturated heterocycles. The van der Waals surface area contributed by atoms with E-state index in [1.54, 1.807) is 4.57 Å². The maximum Gasteiger partial charge on any atom is 0.297 e. The summed E-state index contributed by atoms with van der Waals surface area (Å²) in [6, 6.07) is 5.55. The van der Waals surface area contributed by atoms with Crippen LogP contribution in [0.25, 0.3) is 10.9 Å². The average Bonchev–Trinajstić information content (AvgIpc) is 2.60. The maximum atomic E-state index is 13.0. The van der Waals surface area contributed by atoms with Crippen molar-refractivity contribution in [1.82, 2.24) is 4.57 Å². The molecule has 2 rings (SSSR count). The zero-order chi connectivity index (χ0) is 19.1. The maximum absolute atomic E-state index is 13.0. The Morgan fingerprint density at radius 1 is 1.19 bits per heavy atom. The summed E-state index contributed by atoms with van der Waals surface area (Å²) in [6.07, 6.45) is 6.32. The molecule has 1 aromatic heterocycles. The normalized spacial score (nSPS) is 10.8. The molecule has 5 heteroatoms. The molecule has 2 aromatic rings. The second kappa shape index (κ2) is 9.32. The second-order valence-corrected chi connectivity index (χ2v) is 6.75. The van der Waals surface area contributed by atoms with E-state index in [0.29, 0.717) is 24.6 Å². The van der Waals surface area contributed by atoms with Crippen LogP contribution in [0.2, 0.25) is 0 Å². The van der Waals surface area contributed by atoms with Crippen LogP contribution in [0.3, 0.4) is 0 Å². The number of aromatic nitrogens is 1. The van der Waals surface area contributed by atoms with Crippen molar-refractivity contribution >= 4 is 16.6 Å². The lowest BCUT2D eigenvalue weighted by Crippen LogP contribution is -2.23. The fourth-order valence-corrected chi connectivity index (χ4v) is 2.95. The van der Waals surface area contributed by atoms with Crippen molar-refractivity contribution in [2.75, 3.05) is 19.5 Å². The number of benzene rings is 1. The van der Waals surface area contributed by atoms with Crippen LogP contribution in [-0.2, 0) is 6.54 Å². The third-order valence-corrected chi connectivity index (χ3v) is 4.36. The minimum Gasteiger partial charge on any atom is -0.488 e. The Balaban J connectivity index is 2.54. The highest BCUT2D eigenvalue weighted by Gasteiger charge is 2.19. The topological polar surface area (TPSA) is 66.5 Å². The van der Waals surface area contributed by atoms with E-state index in [1.165, 1.54) is 7.11 Å². The summed E-state index contributed by atoms with van der Waals surface area (Å²) in [5.41, 5.74) is 8.38. The molecule has 26 heavy (non-hydrogen) atoms. The van der Waals surface area contributed by atoms with E-state index in [9.17, 15) is 4.79 Å². The molecule has 0 radical (unpaired) electrons. The Morgan fingerprint density at radius 2 is 1.96 bits per heavy atom. The van der Waals surface area contributed by atoms with Crippen LogP contribution >= 0.6 is 0 Å². The lowest BCUT2D eigenvalue weighted by atomic mass is 10.1. The van der Waals surface area contributed by atoms with Crippen molar-refractivity contribution in [2.45, 2.75) is 53.0 Å². The number of nitrogen functional groups attached to an aromatic ring is 1. The first-order valence-electron chi connectivity index (χ1n) is 9.25. The van der Waals surface area contributed by atoms with Gasteiger partial charge in [-0.1, -0.05) is 31.8 Å². The number of fused-ring (bicyclic) bond motifs is 1. The van der Waals surface area contributed by atoms with Gasteiger partial charge in [0.1, 0.15) is 6.61 Å². The van der Waals surface area contributed by atoms with E-state index in [-0.39, 0.29) is 11.3 Å². The molecule has 0 aliphatic heterocycles. The van der Waals surface area contributed by atoms with Gasteiger partial charge in [0.25, 0.3) is 5.56 Å². The van der Waals surface area contributed by atoms with Gasteiger partial charge < -0.3 is 19.8 Å². The molecule has 0 fully saturated rings. The van der Waals surface area contributed by atoms with E-state index in [2.05, 4.69) is 6.92 Å². The smallest absolute Gasteiger partial charge is 0.297 e. The van der Waals surface area contributed by atoms with E-state index >= 15 is 0 Å². The van der Waals surface area contributed by atoms with Crippen LogP contribution in [0, 0.1) is 0 Å². The first-order chi connectivity index (χ1) is 12.5. The Kier molecular flexibility index (Phi) is 7.13. The van der Waals surface area contributed by atoms with E-state index in [1.807, 2.05) is 38.1 Å². The van der Waals surface area contributed by atoms with Crippen molar-refractivity contribution < 1.29 is 9.47 Å². The minimum atomic E-state index is -0.172. The molecule has 0 amide bonds. The van der Waals surface area contributed by atoms with Gasteiger partial charge in [-0.15, -0.1) is 0 Å². The summed E-state index contributed by atoms with van der Waals surface area (Å²) >= 11 is 0. The summed E-state index contributed by atoms with van der Waals surface area (Å²) in [7, 11) is 1.51. The molecule has 1 aromatic carbocycles. The first kappa shape index (κ1) is 19.9. The van der Waals surface area contributed by atoms with Crippen LogP contribution in [0.5, 0.6) is 11.5 Å². The van der Waals surface area contributed by atoms with Crippen LogP contribution in [0.1, 0.15) is 46.5 Å². The standard InChI is InChI=1S/C21H30N2O3/c1-5-6-7-8-12-23-18-14-16(22)9-10-17(18)19(20(25-4)21(23)24)26-13-11-15(2)3/h9-11,14H,5-8,12-13,22H2,1-4H3. The quantitative estimate of drug-likeness (QED) is 0.407. The highest BCUT2D eigenvalue weighted by Crippen LogP contribution is 2.33. The molecule has 0 aliphatic carbocycles. The number of pyridine rings is 1.